The molecule has 0 fully saturated rings. The van der Waals surface area contributed by atoms with Gasteiger partial charge in [-0.1, -0.05) is 30.3 Å². The van der Waals surface area contributed by atoms with Crippen LogP contribution in [0.5, 0.6) is 0 Å². The summed E-state index contributed by atoms with van der Waals surface area (Å²) in [5.74, 6) is -0.170. The SMILES string of the molecule is CC(=O)Nc1ccc2c(CN[C@@H](C)c3ccccc3)cc(=O)oc2c1. The maximum atomic E-state index is 11.9. The van der Waals surface area contributed by atoms with E-state index in [1.54, 1.807) is 12.1 Å². The Bertz CT molecular complexity index is 948. The fraction of sp³-hybridized carbons (Fsp3) is 0.200. The van der Waals surface area contributed by atoms with Crippen LogP contribution in [0.3, 0.4) is 0 Å². The Balaban J connectivity index is 1.85. The lowest BCUT2D eigenvalue weighted by Gasteiger charge is -2.15. The van der Waals surface area contributed by atoms with Gasteiger partial charge in [-0.25, -0.2) is 4.79 Å². The van der Waals surface area contributed by atoms with Crippen LogP contribution >= 0.6 is 0 Å². The molecule has 2 aromatic carbocycles. The van der Waals surface area contributed by atoms with Gasteiger partial charge in [0.05, 0.1) is 0 Å². The van der Waals surface area contributed by atoms with Crippen LogP contribution in [0.2, 0.25) is 0 Å². The van der Waals surface area contributed by atoms with Gasteiger partial charge in [-0.15, -0.1) is 0 Å². The molecule has 1 atom stereocenters. The molecular weight excluding hydrogens is 316 g/mol. The number of fused-ring (bicyclic) bond motifs is 1. The number of anilines is 1. The van der Waals surface area contributed by atoms with E-state index >= 15 is 0 Å². The van der Waals surface area contributed by atoms with Gasteiger partial charge in [0.15, 0.2) is 0 Å². The molecule has 0 saturated heterocycles. The summed E-state index contributed by atoms with van der Waals surface area (Å²) >= 11 is 0. The second kappa shape index (κ2) is 7.32. The molecule has 5 nitrogen and oxygen atoms in total. The Morgan fingerprint density at radius 1 is 1.12 bits per heavy atom. The predicted octanol–water partition coefficient (Wildman–Crippen LogP) is 3.60. The van der Waals surface area contributed by atoms with Crippen molar-refractivity contribution in [3.8, 4) is 0 Å². The molecule has 0 unspecified atom stereocenters. The first kappa shape index (κ1) is 16.9. The Morgan fingerprint density at radius 3 is 2.60 bits per heavy atom. The van der Waals surface area contributed by atoms with Crippen LogP contribution in [-0.2, 0) is 11.3 Å². The molecule has 0 radical (unpaired) electrons. The standard InChI is InChI=1S/C20H20N2O3/c1-13(15-6-4-3-5-7-15)21-12-16-10-20(24)25-19-11-17(22-14(2)23)8-9-18(16)19/h3-11,13,21H,12H2,1-2H3,(H,22,23)/t13-/m0/s1. The molecule has 1 aromatic heterocycles. The largest absolute Gasteiger partial charge is 0.423 e. The third-order valence-corrected chi connectivity index (χ3v) is 4.05. The average molecular weight is 336 g/mol. The Labute approximate surface area is 145 Å². The third-order valence-electron chi connectivity index (χ3n) is 4.05. The topological polar surface area (TPSA) is 71.3 Å². The highest BCUT2D eigenvalue weighted by atomic mass is 16.4. The molecule has 0 aliphatic rings. The van der Waals surface area contributed by atoms with Crippen LogP contribution in [0.1, 0.15) is 31.0 Å². The maximum absolute atomic E-state index is 11.9. The van der Waals surface area contributed by atoms with Gasteiger partial charge in [-0.3, -0.25) is 4.79 Å². The minimum Gasteiger partial charge on any atom is -0.423 e. The van der Waals surface area contributed by atoms with E-state index < -0.39 is 5.63 Å². The normalized spacial score (nSPS) is 12.1. The van der Waals surface area contributed by atoms with Crippen molar-refractivity contribution in [3.05, 3.63) is 76.1 Å². The Morgan fingerprint density at radius 2 is 1.88 bits per heavy atom. The summed E-state index contributed by atoms with van der Waals surface area (Å²) in [5, 5.41) is 6.97. The molecule has 1 heterocycles. The Kier molecular flexibility index (Phi) is 4.95. The zero-order chi connectivity index (χ0) is 17.8. The van der Waals surface area contributed by atoms with E-state index in [0.29, 0.717) is 17.8 Å². The number of hydrogen-bond donors (Lipinski definition) is 2. The summed E-state index contributed by atoms with van der Waals surface area (Å²) in [7, 11) is 0. The zero-order valence-electron chi connectivity index (χ0n) is 14.2. The number of rotatable bonds is 5. The number of hydrogen-bond acceptors (Lipinski definition) is 4. The molecule has 0 saturated carbocycles. The van der Waals surface area contributed by atoms with Crippen molar-refractivity contribution in [2.24, 2.45) is 0 Å². The molecule has 0 spiro atoms. The molecule has 5 heteroatoms. The second-order valence-electron chi connectivity index (χ2n) is 6.00. The molecular formula is C20H20N2O3. The van der Waals surface area contributed by atoms with Crippen molar-refractivity contribution < 1.29 is 9.21 Å². The van der Waals surface area contributed by atoms with Crippen molar-refractivity contribution in [2.75, 3.05) is 5.32 Å². The summed E-state index contributed by atoms with van der Waals surface area (Å²) in [6, 6.07) is 17.1. The lowest BCUT2D eigenvalue weighted by atomic mass is 10.1. The molecule has 0 aliphatic carbocycles. The van der Waals surface area contributed by atoms with Crippen molar-refractivity contribution >= 4 is 22.6 Å². The fourth-order valence-corrected chi connectivity index (χ4v) is 2.78. The van der Waals surface area contributed by atoms with E-state index in [1.165, 1.54) is 18.6 Å². The molecule has 2 N–H and O–H groups in total. The van der Waals surface area contributed by atoms with Gasteiger partial charge in [-0.2, -0.15) is 0 Å². The quantitative estimate of drug-likeness (QED) is 0.698. The summed E-state index contributed by atoms with van der Waals surface area (Å²) in [6.45, 7) is 4.06. The first-order valence-corrected chi connectivity index (χ1v) is 8.15. The molecule has 1 amide bonds. The minimum absolute atomic E-state index is 0.155. The molecule has 25 heavy (non-hydrogen) atoms. The number of nitrogens with one attached hydrogen (secondary N) is 2. The number of carbonyl (C=O) groups is 1. The lowest BCUT2D eigenvalue weighted by molar-refractivity contribution is -0.114. The average Bonchev–Trinajstić information content (AvgIpc) is 2.59. The van der Waals surface area contributed by atoms with Crippen LogP contribution in [-0.4, -0.2) is 5.91 Å². The highest BCUT2D eigenvalue weighted by Gasteiger charge is 2.09. The number of benzene rings is 2. The molecule has 128 valence electrons. The summed E-state index contributed by atoms with van der Waals surface area (Å²) in [6.07, 6.45) is 0. The predicted molar refractivity (Wildman–Crippen MR) is 98.5 cm³/mol. The van der Waals surface area contributed by atoms with E-state index in [1.807, 2.05) is 24.3 Å². The maximum Gasteiger partial charge on any atom is 0.336 e. The molecule has 0 bridgehead atoms. The number of amides is 1. The van der Waals surface area contributed by atoms with Crippen molar-refractivity contribution in [1.29, 1.82) is 0 Å². The zero-order valence-corrected chi connectivity index (χ0v) is 14.2. The van der Waals surface area contributed by atoms with Gasteiger partial charge in [0, 0.05) is 42.7 Å². The summed E-state index contributed by atoms with van der Waals surface area (Å²) in [4.78, 5) is 23.1. The minimum atomic E-state index is -0.406. The van der Waals surface area contributed by atoms with Crippen LogP contribution in [0, 0.1) is 0 Å². The van der Waals surface area contributed by atoms with E-state index in [-0.39, 0.29) is 11.9 Å². The first-order valence-electron chi connectivity index (χ1n) is 8.15. The van der Waals surface area contributed by atoms with Crippen LogP contribution in [0.25, 0.3) is 11.0 Å². The fourth-order valence-electron chi connectivity index (χ4n) is 2.78. The van der Waals surface area contributed by atoms with E-state index in [4.69, 9.17) is 4.42 Å². The first-order chi connectivity index (χ1) is 12.0. The smallest absolute Gasteiger partial charge is 0.336 e. The summed E-state index contributed by atoms with van der Waals surface area (Å²) in [5.41, 5.74) is 2.71. The monoisotopic (exact) mass is 336 g/mol. The number of carbonyl (C=O) groups excluding carboxylic acids is 1. The van der Waals surface area contributed by atoms with Crippen molar-refractivity contribution in [2.45, 2.75) is 26.4 Å². The second-order valence-corrected chi connectivity index (χ2v) is 6.00. The highest BCUT2D eigenvalue weighted by molar-refractivity contribution is 5.92. The lowest BCUT2D eigenvalue weighted by Crippen LogP contribution is -2.19. The van der Waals surface area contributed by atoms with Crippen LogP contribution in [0.4, 0.5) is 5.69 Å². The van der Waals surface area contributed by atoms with Gasteiger partial charge in [0.25, 0.3) is 0 Å². The van der Waals surface area contributed by atoms with Gasteiger partial charge in [-0.05, 0) is 30.2 Å². The van der Waals surface area contributed by atoms with Gasteiger partial charge in [0.1, 0.15) is 5.58 Å². The van der Waals surface area contributed by atoms with E-state index in [0.717, 1.165) is 10.9 Å². The molecule has 3 rings (SSSR count). The van der Waals surface area contributed by atoms with Crippen LogP contribution in [0.15, 0.2) is 63.8 Å². The van der Waals surface area contributed by atoms with Crippen molar-refractivity contribution in [1.82, 2.24) is 5.32 Å². The summed E-state index contributed by atoms with van der Waals surface area (Å²) < 4.78 is 5.28. The van der Waals surface area contributed by atoms with E-state index in [9.17, 15) is 9.59 Å². The Hall–Kier alpha value is -2.92. The van der Waals surface area contributed by atoms with E-state index in [2.05, 4.69) is 29.7 Å². The van der Waals surface area contributed by atoms with Gasteiger partial charge < -0.3 is 15.1 Å². The molecule has 0 aliphatic heterocycles. The highest BCUT2D eigenvalue weighted by Crippen LogP contribution is 2.22. The van der Waals surface area contributed by atoms with Gasteiger partial charge >= 0.3 is 5.63 Å². The van der Waals surface area contributed by atoms with Gasteiger partial charge in [0.2, 0.25) is 5.91 Å². The van der Waals surface area contributed by atoms with Crippen molar-refractivity contribution in [3.63, 3.8) is 0 Å². The van der Waals surface area contributed by atoms with Crippen LogP contribution < -0.4 is 16.3 Å². The molecule has 3 aromatic rings. The third kappa shape index (κ3) is 4.14.